The van der Waals surface area contributed by atoms with Crippen molar-refractivity contribution in [1.82, 2.24) is 9.97 Å². The summed E-state index contributed by atoms with van der Waals surface area (Å²) in [7, 11) is 1.56. The quantitative estimate of drug-likeness (QED) is 0.483. The molecule has 10 heteroatoms. The lowest BCUT2D eigenvalue weighted by Crippen LogP contribution is -2.36. The highest BCUT2D eigenvalue weighted by Gasteiger charge is 2.35. The van der Waals surface area contributed by atoms with Crippen LogP contribution in [0.4, 0.5) is 23.1 Å². The van der Waals surface area contributed by atoms with Gasteiger partial charge in [0.25, 0.3) is 5.56 Å². The molecule has 2 heterocycles. The highest BCUT2D eigenvalue weighted by atomic mass is 35.5. The predicted octanol–water partition coefficient (Wildman–Crippen LogP) is 3.24. The lowest BCUT2D eigenvalue weighted by atomic mass is 9.92. The second-order valence-corrected chi connectivity index (χ2v) is 7.21. The van der Waals surface area contributed by atoms with Crippen molar-refractivity contribution in [3.63, 3.8) is 0 Å². The van der Waals surface area contributed by atoms with Gasteiger partial charge in [-0.1, -0.05) is 23.7 Å². The Morgan fingerprint density at radius 3 is 2.61 bits per heavy atom. The van der Waals surface area contributed by atoms with Crippen LogP contribution in [0.25, 0.3) is 0 Å². The Morgan fingerprint density at radius 2 is 1.90 bits per heavy atom. The second-order valence-electron chi connectivity index (χ2n) is 6.80. The first-order chi connectivity index (χ1) is 14.9. The fourth-order valence-corrected chi connectivity index (χ4v) is 3.43. The van der Waals surface area contributed by atoms with E-state index in [0.717, 1.165) is 0 Å². The van der Waals surface area contributed by atoms with Gasteiger partial charge in [0.15, 0.2) is 0 Å². The van der Waals surface area contributed by atoms with Gasteiger partial charge in [0.2, 0.25) is 17.8 Å². The second kappa shape index (κ2) is 8.49. The molecule has 0 fully saturated rings. The Bertz CT molecular complexity index is 1210. The van der Waals surface area contributed by atoms with E-state index >= 15 is 0 Å². The van der Waals surface area contributed by atoms with E-state index in [1.807, 2.05) is 0 Å². The van der Waals surface area contributed by atoms with Crippen LogP contribution in [0.5, 0.6) is 5.75 Å². The molecule has 4 rings (SSSR count). The van der Waals surface area contributed by atoms with E-state index in [1.165, 1.54) is 0 Å². The number of nitrogens with one attached hydrogen (secondary N) is 4. The van der Waals surface area contributed by atoms with Gasteiger partial charge >= 0.3 is 0 Å². The maximum absolute atomic E-state index is 12.9. The zero-order chi connectivity index (χ0) is 22.0. The zero-order valence-electron chi connectivity index (χ0n) is 16.4. The highest BCUT2D eigenvalue weighted by molar-refractivity contribution is 6.33. The number of fused-ring (bicyclic) bond motifs is 1. The first-order valence-electron chi connectivity index (χ1n) is 9.35. The first-order valence-corrected chi connectivity index (χ1v) is 9.73. The molecule has 1 aliphatic rings. The van der Waals surface area contributed by atoms with Gasteiger partial charge in [-0.2, -0.15) is 4.98 Å². The van der Waals surface area contributed by atoms with Crippen molar-refractivity contribution in [2.45, 2.75) is 12.3 Å². The summed E-state index contributed by atoms with van der Waals surface area (Å²) in [4.78, 5) is 44.8. The Kier molecular flexibility index (Phi) is 5.59. The monoisotopic (exact) mass is 439 g/mol. The van der Waals surface area contributed by atoms with Crippen LogP contribution in [0.1, 0.15) is 17.9 Å². The minimum Gasteiger partial charge on any atom is -0.497 e. The first kappa shape index (κ1) is 20.4. The number of carbonyl (C=O) groups excluding carboxylic acids is 2. The summed E-state index contributed by atoms with van der Waals surface area (Å²) in [6.45, 7) is 0. The van der Waals surface area contributed by atoms with E-state index < -0.39 is 23.3 Å². The predicted molar refractivity (Wildman–Crippen MR) is 117 cm³/mol. The van der Waals surface area contributed by atoms with Crippen LogP contribution in [0, 0.1) is 0 Å². The van der Waals surface area contributed by atoms with Crippen molar-refractivity contribution in [2.75, 3.05) is 23.1 Å². The van der Waals surface area contributed by atoms with Crippen molar-refractivity contribution in [1.29, 1.82) is 0 Å². The van der Waals surface area contributed by atoms with Gasteiger partial charge in [-0.15, -0.1) is 0 Å². The molecular weight excluding hydrogens is 422 g/mol. The number of hydrogen-bond acceptors (Lipinski definition) is 6. The van der Waals surface area contributed by atoms with Crippen LogP contribution in [-0.4, -0.2) is 28.9 Å². The largest absolute Gasteiger partial charge is 0.497 e. The van der Waals surface area contributed by atoms with Crippen LogP contribution < -0.4 is 26.2 Å². The minimum absolute atomic E-state index is 0.0373. The van der Waals surface area contributed by atoms with Gasteiger partial charge in [-0.3, -0.25) is 19.4 Å². The maximum atomic E-state index is 12.9. The third kappa shape index (κ3) is 4.36. The SMILES string of the molecule is COc1ccc(Nc2nc3c(c(=O)[nH]2)[C@@H](C(=O)Nc2ccccc2Cl)CC(=O)N3)cc1. The topological polar surface area (TPSA) is 125 Å². The van der Waals surface area contributed by atoms with Crippen molar-refractivity contribution in [2.24, 2.45) is 0 Å². The Balaban J connectivity index is 1.62. The van der Waals surface area contributed by atoms with Gasteiger partial charge in [-0.05, 0) is 36.4 Å². The number of aromatic nitrogens is 2. The van der Waals surface area contributed by atoms with Gasteiger partial charge in [0.1, 0.15) is 11.6 Å². The molecule has 0 aliphatic carbocycles. The number of benzene rings is 2. The summed E-state index contributed by atoms with van der Waals surface area (Å²) < 4.78 is 5.11. The van der Waals surface area contributed by atoms with Crippen LogP contribution in [0.2, 0.25) is 5.02 Å². The number of hydrogen-bond donors (Lipinski definition) is 4. The van der Waals surface area contributed by atoms with Gasteiger partial charge in [0.05, 0.1) is 29.3 Å². The highest BCUT2D eigenvalue weighted by Crippen LogP contribution is 2.31. The molecule has 1 aromatic heterocycles. The number of carbonyl (C=O) groups is 2. The third-order valence-corrected chi connectivity index (χ3v) is 5.08. The number of anilines is 4. The molecule has 1 aliphatic heterocycles. The smallest absolute Gasteiger partial charge is 0.258 e. The Labute approximate surface area is 181 Å². The van der Waals surface area contributed by atoms with E-state index in [4.69, 9.17) is 16.3 Å². The van der Waals surface area contributed by atoms with E-state index in [1.54, 1.807) is 55.6 Å². The zero-order valence-corrected chi connectivity index (χ0v) is 17.1. The van der Waals surface area contributed by atoms with Crippen LogP contribution in [-0.2, 0) is 9.59 Å². The summed E-state index contributed by atoms with van der Waals surface area (Å²) in [6, 6.07) is 13.7. The number of amides is 2. The number of methoxy groups -OCH3 is 1. The number of para-hydroxylation sites is 1. The molecule has 0 saturated carbocycles. The summed E-state index contributed by atoms with van der Waals surface area (Å²) >= 11 is 6.09. The standard InChI is InChI=1S/C21H18ClN5O4/c1-31-12-8-6-11(7-9-12)23-21-26-18-17(20(30)27-21)13(10-16(28)25-18)19(29)24-15-5-3-2-4-14(15)22/h2-9,13H,10H2,1H3,(H,24,29)(H3,23,25,26,27,28,30)/t13-/m0/s1. The number of rotatable bonds is 5. The van der Waals surface area contributed by atoms with E-state index in [9.17, 15) is 14.4 Å². The van der Waals surface area contributed by atoms with Crippen LogP contribution in [0.15, 0.2) is 53.3 Å². The van der Waals surface area contributed by atoms with Gasteiger partial charge < -0.3 is 20.7 Å². The average molecular weight is 440 g/mol. The van der Waals surface area contributed by atoms with Crippen LogP contribution >= 0.6 is 11.6 Å². The number of H-pyrrole nitrogens is 1. The normalized spacial score (nSPS) is 14.9. The number of aromatic amines is 1. The average Bonchev–Trinajstić information content (AvgIpc) is 2.75. The van der Waals surface area contributed by atoms with Crippen molar-refractivity contribution < 1.29 is 14.3 Å². The number of nitrogens with zero attached hydrogens (tertiary/aromatic N) is 1. The molecule has 0 unspecified atom stereocenters. The maximum Gasteiger partial charge on any atom is 0.258 e. The fourth-order valence-electron chi connectivity index (χ4n) is 3.25. The summed E-state index contributed by atoms with van der Waals surface area (Å²) in [6.07, 6.45) is -0.181. The minimum atomic E-state index is -1.01. The van der Waals surface area contributed by atoms with Gasteiger partial charge in [0, 0.05) is 12.1 Å². The summed E-state index contributed by atoms with van der Waals surface area (Å²) in [5.41, 5.74) is 0.604. The van der Waals surface area contributed by atoms with E-state index in [-0.39, 0.29) is 23.8 Å². The molecule has 1 atom stereocenters. The molecule has 3 aromatic rings. The molecule has 9 nitrogen and oxygen atoms in total. The number of halogens is 1. The molecule has 2 aromatic carbocycles. The molecule has 0 spiro atoms. The molecule has 0 bridgehead atoms. The molecule has 31 heavy (non-hydrogen) atoms. The Hall–Kier alpha value is -3.85. The van der Waals surface area contributed by atoms with Crippen LogP contribution in [0.3, 0.4) is 0 Å². The van der Waals surface area contributed by atoms with Crippen molar-refractivity contribution in [3.8, 4) is 5.75 Å². The van der Waals surface area contributed by atoms with E-state index in [2.05, 4.69) is 25.9 Å². The van der Waals surface area contributed by atoms with Crippen molar-refractivity contribution in [3.05, 3.63) is 69.5 Å². The van der Waals surface area contributed by atoms with E-state index in [0.29, 0.717) is 22.1 Å². The van der Waals surface area contributed by atoms with Gasteiger partial charge in [-0.25, -0.2) is 0 Å². The summed E-state index contributed by atoms with van der Waals surface area (Å²) in [5, 5.41) is 8.55. The lowest BCUT2D eigenvalue weighted by molar-refractivity contribution is -0.123. The molecule has 4 N–H and O–H groups in total. The molecule has 0 radical (unpaired) electrons. The third-order valence-electron chi connectivity index (χ3n) is 4.75. The molecule has 2 amide bonds. The molecule has 158 valence electrons. The summed E-state index contributed by atoms with van der Waals surface area (Å²) in [5.74, 6) is -1.10. The molecular formula is C21H18ClN5O4. The Morgan fingerprint density at radius 1 is 1.16 bits per heavy atom. The fraction of sp³-hybridized carbons (Fsp3) is 0.143. The number of ether oxygens (including phenoxy) is 1. The van der Waals surface area contributed by atoms with Crippen molar-refractivity contribution >= 4 is 46.6 Å². The lowest BCUT2D eigenvalue weighted by Gasteiger charge is -2.23. The molecule has 0 saturated heterocycles.